The molecule has 1 saturated heterocycles. The fourth-order valence-corrected chi connectivity index (χ4v) is 5.50. The molecule has 2 aliphatic heterocycles. The van der Waals surface area contributed by atoms with Crippen molar-refractivity contribution in [2.75, 3.05) is 11.9 Å². The summed E-state index contributed by atoms with van der Waals surface area (Å²) in [5.41, 5.74) is 4.31. The lowest BCUT2D eigenvalue weighted by Crippen LogP contribution is -2.36. The normalized spacial score (nSPS) is 30.2. The van der Waals surface area contributed by atoms with Gasteiger partial charge in [-0.2, -0.15) is 0 Å². The number of fused-ring (bicyclic) bond motifs is 2. The highest BCUT2D eigenvalue weighted by Gasteiger charge is 2.53. The van der Waals surface area contributed by atoms with Crippen LogP contribution in [-0.2, 0) is 10.3 Å². The van der Waals surface area contributed by atoms with Gasteiger partial charge in [0.05, 0.1) is 18.2 Å². The molecule has 2 aromatic rings. The van der Waals surface area contributed by atoms with Gasteiger partial charge in [-0.15, -0.1) is 0 Å². The number of hydrogen-bond acceptors (Lipinski definition) is 2. The molecule has 2 heterocycles. The molecule has 1 aliphatic carbocycles. The Bertz CT molecular complexity index is 750. The van der Waals surface area contributed by atoms with E-state index in [1.54, 1.807) is 0 Å². The summed E-state index contributed by atoms with van der Waals surface area (Å²) >= 11 is 0. The first-order chi connectivity index (χ1) is 12.3. The Labute approximate surface area is 150 Å². The predicted molar refractivity (Wildman–Crippen MR) is 102 cm³/mol. The van der Waals surface area contributed by atoms with Crippen molar-refractivity contribution in [2.45, 2.75) is 56.6 Å². The number of nitrogens with one attached hydrogen (secondary N) is 1. The fourth-order valence-electron chi connectivity index (χ4n) is 5.50. The molecule has 0 radical (unpaired) electrons. The molecule has 3 aliphatic rings. The van der Waals surface area contributed by atoms with Crippen LogP contribution in [0.25, 0.3) is 0 Å². The Morgan fingerprint density at radius 3 is 2.48 bits per heavy atom. The first-order valence-corrected chi connectivity index (χ1v) is 9.84. The summed E-state index contributed by atoms with van der Waals surface area (Å²) in [7, 11) is 0. The van der Waals surface area contributed by atoms with Crippen LogP contribution >= 0.6 is 0 Å². The zero-order valence-electron chi connectivity index (χ0n) is 14.8. The predicted octanol–water partition coefficient (Wildman–Crippen LogP) is 5.81. The van der Waals surface area contributed by atoms with Crippen molar-refractivity contribution in [3.63, 3.8) is 0 Å². The minimum Gasteiger partial charge on any atom is -0.378 e. The van der Waals surface area contributed by atoms with Crippen molar-refractivity contribution >= 4 is 5.69 Å². The highest BCUT2D eigenvalue weighted by Crippen LogP contribution is 2.58. The summed E-state index contributed by atoms with van der Waals surface area (Å²) in [6.07, 6.45) is 9.08. The second kappa shape index (κ2) is 5.88. The van der Waals surface area contributed by atoms with E-state index in [0.29, 0.717) is 11.5 Å². The number of benzene rings is 2. The van der Waals surface area contributed by atoms with Gasteiger partial charge in [-0.1, -0.05) is 67.8 Å². The largest absolute Gasteiger partial charge is 0.378 e. The molecule has 5 rings (SSSR count). The molecule has 0 aromatic heterocycles. The summed E-state index contributed by atoms with van der Waals surface area (Å²) in [5, 5.41) is 3.78. The van der Waals surface area contributed by atoms with Gasteiger partial charge in [-0.05, 0) is 36.3 Å². The highest BCUT2D eigenvalue weighted by atomic mass is 16.5. The lowest BCUT2D eigenvalue weighted by Gasteiger charge is -2.42. The molecule has 2 fully saturated rings. The summed E-state index contributed by atoms with van der Waals surface area (Å²) in [6.45, 7) is 0.947. The van der Waals surface area contributed by atoms with Crippen LogP contribution in [0.1, 0.15) is 62.1 Å². The van der Waals surface area contributed by atoms with Crippen LogP contribution in [0.4, 0.5) is 5.69 Å². The first-order valence-electron chi connectivity index (χ1n) is 9.84. The number of rotatable bonds is 1. The van der Waals surface area contributed by atoms with Crippen LogP contribution in [0.3, 0.4) is 0 Å². The number of ether oxygens (including phenoxy) is 1. The second-order valence-electron chi connectivity index (χ2n) is 8.38. The Kier molecular flexibility index (Phi) is 3.63. The van der Waals surface area contributed by atoms with E-state index in [9.17, 15) is 0 Å². The van der Waals surface area contributed by atoms with Crippen molar-refractivity contribution in [3.8, 4) is 0 Å². The van der Waals surface area contributed by atoms with Gasteiger partial charge >= 0.3 is 0 Å². The fraction of sp³-hybridized carbons (Fsp3) is 0.478. The quantitative estimate of drug-likeness (QED) is 0.711. The van der Waals surface area contributed by atoms with E-state index in [0.717, 1.165) is 13.0 Å². The van der Waals surface area contributed by atoms with Crippen molar-refractivity contribution in [2.24, 2.45) is 5.41 Å². The van der Waals surface area contributed by atoms with Gasteiger partial charge in [0.25, 0.3) is 0 Å². The Morgan fingerprint density at radius 1 is 0.880 bits per heavy atom. The third-order valence-electron chi connectivity index (χ3n) is 6.71. The lowest BCUT2D eigenvalue weighted by molar-refractivity contribution is -0.0170. The van der Waals surface area contributed by atoms with E-state index in [2.05, 4.69) is 59.9 Å². The molecule has 1 unspecified atom stereocenters. The summed E-state index contributed by atoms with van der Waals surface area (Å²) < 4.78 is 6.71. The van der Waals surface area contributed by atoms with E-state index >= 15 is 0 Å². The average Bonchev–Trinajstić information content (AvgIpc) is 3.01. The maximum absolute atomic E-state index is 6.71. The standard InChI is InChI=1S/C23H27NO/c1-3-9-18(10-4-1)21-15-23(19-11-5-6-12-20(19)24-21)16-22(17-25-23)13-7-2-8-14-22/h1,3-6,9-12,21,24H,2,7-8,13-17H2/t21?,23-/m0/s1. The Hall–Kier alpha value is -1.80. The van der Waals surface area contributed by atoms with Crippen molar-refractivity contribution < 1.29 is 4.74 Å². The van der Waals surface area contributed by atoms with Gasteiger partial charge in [0.15, 0.2) is 0 Å². The second-order valence-corrected chi connectivity index (χ2v) is 8.38. The smallest absolute Gasteiger partial charge is 0.0980 e. The van der Waals surface area contributed by atoms with Crippen molar-refractivity contribution in [3.05, 3.63) is 65.7 Å². The van der Waals surface area contributed by atoms with Crippen LogP contribution in [0.15, 0.2) is 54.6 Å². The number of anilines is 1. The van der Waals surface area contributed by atoms with Gasteiger partial charge in [-0.3, -0.25) is 0 Å². The molecule has 2 nitrogen and oxygen atoms in total. The van der Waals surface area contributed by atoms with E-state index in [1.807, 2.05) is 0 Å². The molecule has 0 bridgehead atoms. The zero-order chi connectivity index (χ0) is 16.7. The molecule has 2 heteroatoms. The van der Waals surface area contributed by atoms with Gasteiger partial charge in [0.2, 0.25) is 0 Å². The maximum atomic E-state index is 6.71. The molecule has 0 amide bonds. The first kappa shape index (κ1) is 15.5. The summed E-state index contributed by atoms with van der Waals surface area (Å²) in [5.74, 6) is 0. The molecule has 2 aromatic carbocycles. The molecular weight excluding hydrogens is 306 g/mol. The number of para-hydroxylation sites is 1. The third-order valence-corrected chi connectivity index (χ3v) is 6.71. The maximum Gasteiger partial charge on any atom is 0.0980 e. The van der Waals surface area contributed by atoms with Crippen molar-refractivity contribution in [1.82, 2.24) is 0 Å². The van der Waals surface area contributed by atoms with Crippen LogP contribution in [0.2, 0.25) is 0 Å². The topological polar surface area (TPSA) is 21.3 Å². The summed E-state index contributed by atoms with van der Waals surface area (Å²) in [4.78, 5) is 0. The van der Waals surface area contributed by atoms with Gasteiger partial charge < -0.3 is 10.1 Å². The van der Waals surface area contributed by atoms with E-state index in [-0.39, 0.29) is 5.60 Å². The third kappa shape index (κ3) is 2.58. The van der Waals surface area contributed by atoms with Gasteiger partial charge in [-0.25, -0.2) is 0 Å². The Balaban J connectivity index is 1.54. The molecule has 1 saturated carbocycles. The van der Waals surface area contributed by atoms with Crippen molar-refractivity contribution in [1.29, 1.82) is 0 Å². The summed E-state index contributed by atoms with van der Waals surface area (Å²) in [6, 6.07) is 20.0. The van der Waals surface area contributed by atoms with Gasteiger partial charge in [0, 0.05) is 17.7 Å². The zero-order valence-corrected chi connectivity index (χ0v) is 14.8. The SMILES string of the molecule is c1ccc(C2C[C@]3(CC4(CCCCC4)CO3)c3ccccc3N2)cc1. The van der Waals surface area contributed by atoms with E-state index in [1.165, 1.54) is 55.3 Å². The lowest BCUT2D eigenvalue weighted by atomic mass is 9.67. The molecular formula is C23H27NO. The molecule has 25 heavy (non-hydrogen) atoms. The highest BCUT2D eigenvalue weighted by molar-refractivity contribution is 5.58. The van der Waals surface area contributed by atoms with Crippen LogP contribution in [0.5, 0.6) is 0 Å². The molecule has 2 atom stereocenters. The minimum atomic E-state index is -0.111. The Morgan fingerprint density at radius 2 is 1.64 bits per heavy atom. The molecule has 1 N–H and O–H groups in total. The van der Waals surface area contributed by atoms with Crippen LogP contribution < -0.4 is 5.32 Å². The van der Waals surface area contributed by atoms with Gasteiger partial charge in [0.1, 0.15) is 0 Å². The van der Waals surface area contributed by atoms with Crippen LogP contribution in [-0.4, -0.2) is 6.61 Å². The van der Waals surface area contributed by atoms with E-state index in [4.69, 9.17) is 4.74 Å². The number of hydrogen-bond donors (Lipinski definition) is 1. The monoisotopic (exact) mass is 333 g/mol. The average molecular weight is 333 g/mol. The minimum absolute atomic E-state index is 0.111. The molecule has 130 valence electrons. The van der Waals surface area contributed by atoms with Crippen LogP contribution in [0, 0.1) is 5.41 Å². The van der Waals surface area contributed by atoms with E-state index < -0.39 is 0 Å². The molecule has 2 spiro atoms.